The van der Waals surface area contributed by atoms with Crippen molar-refractivity contribution >= 4 is 45.5 Å². The molecule has 7 nitrogen and oxygen atoms in total. The molecule has 1 atom stereocenters. The average Bonchev–Trinajstić information content (AvgIpc) is 3.06. The van der Waals surface area contributed by atoms with Crippen molar-refractivity contribution in [3.8, 4) is 0 Å². The van der Waals surface area contributed by atoms with E-state index in [1.54, 1.807) is 6.07 Å². The quantitative estimate of drug-likeness (QED) is 0.667. The van der Waals surface area contributed by atoms with Gasteiger partial charge in [-0.15, -0.1) is 11.3 Å². The van der Waals surface area contributed by atoms with Gasteiger partial charge in [-0.2, -0.15) is 0 Å². The first kappa shape index (κ1) is 19.9. The van der Waals surface area contributed by atoms with Crippen molar-refractivity contribution in [1.82, 2.24) is 0 Å². The van der Waals surface area contributed by atoms with Crippen LogP contribution in [0.5, 0.6) is 0 Å². The third-order valence-corrected chi connectivity index (χ3v) is 5.91. The second kappa shape index (κ2) is 8.02. The van der Waals surface area contributed by atoms with Crippen molar-refractivity contribution in [1.29, 1.82) is 0 Å². The van der Waals surface area contributed by atoms with Gasteiger partial charge < -0.3 is 20.7 Å². The molecule has 0 radical (unpaired) electrons. The summed E-state index contributed by atoms with van der Waals surface area (Å²) in [5, 5.41) is 9.17. The fourth-order valence-electron chi connectivity index (χ4n) is 2.99. The molecule has 2 heterocycles. The van der Waals surface area contributed by atoms with E-state index in [1.807, 2.05) is 32.9 Å². The Balaban J connectivity index is 1.73. The molecule has 0 unspecified atom stereocenters. The van der Waals surface area contributed by atoms with E-state index in [2.05, 4.69) is 16.0 Å². The van der Waals surface area contributed by atoms with Crippen LogP contribution in [-0.2, 0) is 20.7 Å². The number of thiophene rings is 1. The highest BCUT2D eigenvalue weighted by Gasteiger charge is 2.28. The zero-order valence-corrected chi connectivity index (χ0v) is 17.1. The van der Waals surface area contributed by atoms with Gasteiger partial charge in [0.15, 0.2) is 0 Å². The Morgan fingerprint density at radius 3 is 2.50 bits per heavy atom. The molecular formula is C20H23N3O4S. The number of rotatable bonds is 5. The van der Waals surface area contributed by atoms with Gasteiger partial charge in [0.05, 0.1) is 30.5 Å². The molecular weight excluding hydrogens is 378 g/mol. The molecule has 0 bridgehead atoms. The largest absolute Gasteiger partial charge is 0.465 e. The standard InChI is InChI=1S/C20H23N3O4S/c1-5-12-8-13(20(26)27-4)19(28-12)23-17(24)9-16-18(25)22-15-7-11(3)10(2)6-14(15)21-16/h6-8,16,21H,5,9H2,1-4H3,(H,22,25)(H,23,24)/t16-/m0/s1. The number of carbonyl (C=O) groups excluding carboxylic acids is 3. The number of hydrogen-bond donors (Lipinski definition) is 3. The Hall–Kier alpha value is -2.87. The maximum atomic E-state index is 12.5. The molecule has 8 heteroatoms. The second-order valence-corrected chi connectivity index (χ2v) is 7.86. The van der Waals surface area contributed by atoms with Crippen LogP contribution in [0.15, 0.2) is 18.2 Å². The zero-order chi connectivity index (χ0) is 20.4. The molecule has 0 saturated carbocycles. The lowest BCUT2D eigenvalue weighted by Gasteiger charge is -2.27. The molecule has 3 rings (SSSR count). The predicted molar refractivity (Wildman–Crippen MR) is 110 cm³/mol. The lowest BCUT2D eigenvalue weighted by molar-refractivity contribution is -0.122. The van der Waals surface area contributed by atoms with Crippen molar-refractivity contribution in [2.75, 3.05) is 23.1 Å². The first-order chi connectivity index (χ1) is 13.3. The number of nitrogens with one attached hydrogen (secondary N) is 3. The van der Waals surface area contributed by atoms with E-state index in [4.69, 9.17) is 4.74 Å². The van der Waals surface area contributed by atoms with Crippen LogP contribution in [0, 0.1) is 13.8 Å². The predicted octanol–water partition coefficient (Wildman–Crippen LogP) is 3.48. The van der Waals surface area contributed by atoms with E-state index in [0.717, 1.165) is 28.1 Å². The van der Waals surface area contributed by atoms with Crippen LogP contribution >= 0.6 is 11.3 Å². The Morgan fingerprint density at radius 2 is 1.86 bits per heavy atom. The SMILES string of the molecule is CCc1cc(C(=O)OC)c(NC(=O)C[C@@H]2Nc3cc(C)c(C)cc3NC2=O)s1. The highest BCUT2D eigenvalue weighted by atomic mass is 32.1. The van der Waals surface area contributed by atoms with Crippen LogP contribution in [0.4, 0.5) is 16.4 Å². The summed E-state index contributed by atoms with van der Waals surface area (Å²) in [5.41, 5.74) is 4.01. The van der Waals surface area contributed by atoms with Crippen LogP contribution < -0.4 is 16.0 Å². The number of fused-ring (bicyclic) bond motifs is 1. The molecule has 148 valence electrons. The average molecular weight is 401 g/mol. The van der Waals surface area contributed by atoms with Gasteiger partial charge in [-0.3, -0.25) is 9.59 Å². The number of ether oxygens (including phenoxy) is 1. The minimum atomic E-state index is -0.693. The monoisotopic (exact) mass is 401 g/mol. The van der Waals surface area contributed by atoms with Gasteiger partial charge in [0.1, 0.15) is 11.0 Å². The molecule has 0 fully saturated rings. The van der Waals surface area contributed by atoms with Gasteiger partial charge in [0.25, 0.3) is 0 Å². The molecule has 2 amide bonds. The Kier molecular flexibility index (Phi) is 5.69. The van der Waals surface area contributed by atoms with Crippen LogP contribution in [-0.4, -0.2) is 30.9 Å². The van der Waals surface area contributed by atoms with E-state index in [0.29, 0.717) is 16.3 Å². The highest BCUT2D eigenvalue weighted by Crippen LogP contribution is 2.32. The summed E-state index contributed by atoms with van der Waals surface area (Å²) in [5.74, 6) is -1.12. The summed E-state index contributed by atoms with van der Waals surface area (Å²) in [6.45, 7) is 5.94. The Bertz CT molecular complexity index is 951. The number of aryl methyl sites for hydroxylation is 3. The lowest BCUT2D eigenvalue weighted by atomic mass is 10.0. The fraction of sp³-hybridized carbons (Fsp3) is 0.350. The number of benzene rings is 1. The summed E-state index contributed by atoms with van der Waals surface area (Å²) in [7, 11) is 1.30. The Labute approximate surface area is 167 Å². The van der Waals surface area contributed by atoms with Crippen LogP contribution in [0.2, 0.25) is 0 Å². The van der Waals surface area contributed by atoms with Gasteiger partial charge in [0, 0.05) is 4.88 Å². The molecule has 1 aromatic heterocycles. The van der Waals surface area contributed by atoms with Crippen molar-refractivity contribution in [3.05, 3.63) is 39.8 Å². The highest BCUT2D eigenvalue weighted by molar-refractivity contribution is 7.16. The summed E-state index contributed by atoms with van der Waals surface area (Å²) in [4.78, 5) is 37.8. The third-order valence-electron chi connectivity index (χ3n) is 4.72. The summed E-state index contributed by atoms with van der Waals surface area (Å²) in [6.07, 6.45) is 0.685. The number of esters is 1. The zero-order valence-electron chi connectivity index (χ0n) is 16.3. The van der Waals surface area contributed by atoms with E-state index in [1.165, 1.54) is 18.4 Å². The number of amides is 2. The smallest absolute Gasteiger partial charge is 0.340 e. The molecule has 3 N–H and O–H groups in total. The maximum Gasteiger partial charge on any atom is 0.340 e. The first-order valence-electron chi connectivity index (χ1n) is 9.01. The summed E-state index contributed by atoms with van der Waals surface area (Å²) >= 11 is 1.33. The van der Waals surface area contributed by atoms with E-state index < -0.39 is 12.0 Å². The number of carbonyl (C=O) groups is 3. The number of hydrogen-bond acceptors (Lipinski definition) is 6. The molecule has 28 heavy (non-hydrogen) atoms. The van der Waals surface area contributed by atoms with Crippen molar-refractivity contribution in [3.63, 3.8) is 0 Å². The molecule has 1 aromatic carbocycles. The van der Waals surface area contributed by atoms with Gasteiger partial charge in [-0.25, -0.2) is 4.79 Å². The van der Waals surface area contributed by atoms with Crippen LogP contribution in [0.25, 0.3) is 0 Å². The minimum absolute atomic E-state index is 0.0574. The molecule has 2 aromatic rings. The van der Waals surface area contributed by atoms with Crippen molar-refractivity contribution < 1.29 is 19.1 Å². The van der Waals surface area contributed by atoms with E-state index in [9.17, 15) is 14.4 Å². The summed E-state index contributed by atoms with van der Waals surface area (Å²) < 4.78 is 4.78. The van der Waals surface area contributed by atoms with E-state index >= 15 is 0 Å². The van der Waals surface area contributed by atoms with Gasteiger partial charge in [-0.1, -0.05) is 6.92 Å². The maximum absolute atomic E-state index is 12.5. The van der Waals surface area contributed by atoms with Gasteiger partial charge in [-0.05, 0) is 49.6 Å². The van der Waals surface area contributed by atoms with Crippen molar-refractivity contribution in [2.24, 2.45) is 0 Å². The molecule has 1 aliphatic rings. The number of anilines is 3. The minimum Gasteiger partial charge on any atom is -0.465 e. The topological polar surface area (TPSA) is 96.5 Å². The molecule has 1 aliphatic heterocycles. The van der Waals surface area contributed by atoms with Gasteiger partial charge in [0.2, 0.25) is 11.8 Å². The Morgan fingerprint density at radius 1 is 1.18 bits per heavy atom. The molecule has 0 spiro atoms. The summed E-state index contributed by atoms with van der Waals surface area (Å²) in [6, 6.07) is 4.89. The fourth-order valence-corrected chi connectivity index (χ4v) is 3.99. The number of methoxy groups -OCH3 is 1. The van der Waals surface area contributed by atoms with Gasteiger partial charge >= 0.3 is 5.97 Å². The first-order valence-corrected chi connectivity index (χ1v) is 9.83. The van der Waals surface area contributed by atoms with Crippen LogP contribution in [0.3, 0.4) is 0 Å². The van der Waals surface area contributed by atoms with Crippen molar-refractivity contribution in [2.45, 2.75) is 39.7 Å². The second-order valence-electron chi connectivity index (χ2n) is 6.72. The van der Waals surface area contributed by atoms with Crippen LogP contribution in [0.1, 0.15) is 39.7 Å². The molecule has 0 aliphatic carbocycles. The lowest BCUT2D eigenvalue weighted by Crippen LogP contribution is -2.41. The third kappa shape index (κ3) is 4.01. The van der Waals surface area contributed by atoms with E-state index in [-0.39, 0.29) is 18.2 Å². The normalized spacial score (nSPS) is 15.3. The molecule has 0 saturated heterocycles.